The summed E-state index contributed by atoms with van der Waals surface area (Å²) in [5.74, 6) is 1.21. The van der Waals surface area contributed by atoms with Crippen LogP contribution >= 0.6 is 0 Å². The topological polar surface area (TPSA) is 28.2 Å². The molecule has 0 unspecified atom stereocenters. The molecular formula is C15H23N3. The van der Waals surface area contributed by atoms with Gasteiger partial charge in [-0.15, -0.1) is 0 Å². The molecule has 0 amide bonds. The van der Waals surface area contributed by atoms with E-state index in [4.69, 9.17) is 4.98 Å². The summed E-state index contributed by atoms with van der Waals surface area (Å²) in [6, 6.07) is 2.87. The van der Waals surface area contributed by atoms with E-state index in [0.717, 1.165) is 6.54 Å². The van der Waals surface area contributed by atoms with E-state index in [2.05, 4.69) is 29.4 Å². The highest BCUT2D eigenvalue weighted by molar-refractivity contribution is 5.48. The maximum absolute atomic E-state index is 4.73. The molecule has 1 aromatic rings. The predicted octanol–water partition coefficient (Wildman–Crippen LogP) is 2.80. The molecule has 98 valence electrons. The third kappa shape index (κ3) is 2.37. The zero-order valence-corrected chi connectivity index (χ0v) is 11.3. The van der Waals surface area contributed by atoms with Gasteiger partial charge in [0.2, 0.25) is 0 Å². The van der Waals surface area contributed by atoms with Gasteiger partial charge in [0.1, 0.15) is 5.82 Å². The fraction of sp³-hybridized carbons (Fsp3) is 0.667. The fourth-order valence-electron chi connectivity index (χ4n) is 3.19. The van der Waals surface area contributed by atoms with E-state index >= 15 is 0 Å². The molecule has 0 saturated carbocycles. The first-order chi connectivity index (χ1) is 8.84. The van der Waals surface area contributed by atoms with Crippen LogP contribution in [0.25, 0.3) is 0 Å². The largest absolute Gasteiger partial charge is 0.356 e. The van der Waals surface area contributed by atoms with Gasteiger partial charge in [-0.2, -0.15) is 0 Å². The minimum atomic E-state index is 0.534. The van der Waals surface area contributed by atoms with Crippen LogP contribution in [0.3, 0.4) is 0 Å². The van der Waals surface area contributed by atoms with Crippen LogP contribution in [-0.2, 0) is 0 Å². The van der Waals surface area contributed by atoms with Gasteiger partial charge in [-0.05, 0) is 62.8 Å². The van der Waals surface area contributed by atoms with Gasteiger partial charge >= 0.3 is 0 Å². The average Bonchev–Trinajstić information content (AvgIpc) is 2.93. The van der Waals surface area contributed by atoms with Crippen molar-refractivity contribution in [3.63, 3.8) is 0 Å². The van der Waals surface area contributed by atoms with Crippen LogP contribution < -0.4 is 10.2 Å². The molecule has 3 heterocycles. The van der Waals surface area contributed by atoms with Crippen LogP contribution in [0.4, 0.5) is 5.82 Å². The highest BCUT2D eigenvalue weighted by Gasteiger charge is 2.19. The molecule has 3 heteroatoms. The van der Waals surface area contributed by atoms with Crippen LogP contribution in [0.15, 0.2) is 12.3 Å². The SMILES string of the molecule is Cc1cc([C@@H]2CCCN2)cnc1N1CCCCC1. The molecule has 3 nitrogen and oxygen atoms in total. The van der Waals surface area contributed by atoms with Gasteiger partial charge < -0.3 is 10.2 Å². The highest BCUT2D eigenvalue weighted by Crippen LogP contribution is 2.27. The van der Waals surface area contributed by atoms with Crippen LogP contribution in [-0.4, -0.2) is 24.6 Å². The number of aryl methyl sites for hydroxylation is 1. The Morgan fingerprint density at radius 3 is 2.72 bits per heavy atom. The molecule has 1 atom stereocenters. The lowest BCUT2D eigenvalue weighted by Crippen LogP contribution is -2.30. The summed E-state index contributed by atoms with van der Waals surface area (Å²) in [6.07, 6.45) is 8.63. The molecule has 0 spiro atoms. The van der Waals surface area contributed by atoms with Crippen molar-refractivity contribution in [2.75, 3.05) is 24.5 Å². The van der Waals surface area contributed by atoms with Crippen molar-refractivity contribution in [2.24, 2.45) is 0 Å². The fourth-order valence-corrected chi connectivity index (χ4v) is 3.19. The third-order valence-electron chi connectivity index (χ3n) is 4.19. The lowest BCUT2D eigenvalue weighted by molar-refractivity contribution is 0.571. The van der Waals surface area contributed by atoms with E-state index in [1.165, 1.54) is 62.1 Å². The summed E-state index contributed by atoms with van der Waals surface area (Å²) in [6.45, 7) is 5.71. The third-order valence-corrected chi connectivity index (χ3v) is 4.19. The van der Waals surface area contributed by atoms with E-state index in [1.54, 1.807) is 0 Å². The molecule has 2 fully saturated rings. The van der Waals surface area contributed by atoms with E-state index in [-0.39, 0.29) is 0 Å². The van der Waals surface area contributed by atoms with Crippen molar-refractivity contribution >= 4 is 5.82 Å². The predicted molar refractivity (Wildman–Crippen MR) is 75.0 cm³/mol. The van der Waals surface area contributed by atoms with Crippen LogP contribution in [0, 0.1) is 6.92 Å². The molecule has 3 rings (SSSR count). The Balaban J connectivity index is 1.79. The van der Waals surface area contributed by atoms with Crippen LogP contribution in [0.2, 0.25) is 0 Å². The van der Waals surface area contributed by atoms with Crippen molar-refractivity contribution in [3.8, 4) is 0 Å². The van der Waals surface area contributed by atoms with Gasteiger partial charge in [0.25, 0.3) is 0 Å². The second-order valence-corrected chi connectivity index (χ2v) is 5.61. The summed E-state index contributed by atoms with van der Waals surface area (Å²) in [5, 5.41) is 3.55. The van der Waals surface area contributed by atoms with Crippen molar-refractivity contribution in [2.45, 2.75) is 45.1 Å². The molecule has 18 heavy (non-hydrogen) atoms. The van der Waals surface area contributed by atoms with E-state index in [1.807, 2.05) is 0 Å². The van der Waals surface area contributed by atoms with Crippen LogP contribution in [0.1, 0.15) is 49.3 Å². The number of nitrogens with one attached hydrogen (secondary N) is 1. The number of hydrogen-bond acceptors (Lipinski definition) is 3. The monoisotopic (exact) mass is 245 g/mol. The molecule has 2 aliphatic rings. The van der Waals surface area contributed by atoms with Gasteiger partial charge in [0.15, 0.2) is 0 Å². The first kappa shape index (κ1) is 12.0. The number of aromatic nitrogens is 1. The number of anilines is 1. The van der Waals surface area contributed by atoms with Gasteiger partial charge in [0.05, 0.1) is 0 Å². The number of pyridine rings is 1. The number of rotatable bonds is 2. The Morgan fingerprint density at radius 1 is 1.22 bits per heavy atom. The first-order valence-electron chi connectivity index (χ1n) is 7.29. The number of hydrogen-bond donors (Lipinski definition) is 1. The Kier molecular flexibility index (Phi) is 3.50. The van der Waals surface area contributed by atoms with Gasteiger partial charge in [-0.1, -0.05) is 0 Å². The average molecular weight is 245 g/mol. The van der Waals surface area contributed by atoms with E-state index < -0.39 is 0 Å². The summed E-state index contributed by atoms with van der Waals surface area (Å²) >= 11 is 0. The van der Waals surface area contributed by atoms with E-state index in [9.17, 15) is 0 Å². The molecule has 2 saturated heterocycles. The lowest BCUT2D eigenvalue weighted by atomic mass is 10.0. The summed E-state index contributed by atoms with van der Waals surface area (Å²) in [5.41, 5.74) is 2.70. The molecule has 1 aromatic heterocycles. The second-order valence-electron chi connectivity index (χ2n) is 5.61. The summed E-state index contributed by atoms with van der Waals surface area (Å²) < 4.78 is 0. The minimum Gasteiger partial charge on any atom is -0.356 e. The maximum atomic E-state index is 4.73. The molecule has 2 aliphatic heterocycles. The molecule has 0 aliphatic carbocycles. The van der Waals surface area contributed by atoms with E-state index in [0.29, 0.717) is 6.04 Å². The molecule has 0 radical (unpaired) electrons. The zero-order chi connectivity index (χ0) is 12.4. The Morgan fingerprint density at radius 2 is 2.06 bits per heavy atom. The van der Waals surface area contributed by atoms with Gasteiger partial charge in [-0.25, -0.2) is 4.98 Å². The van der Waals surface area contributed by atoms with Crippen molar-refractivity contribution in [3.05, 3.63) is 23.4 Å². The number of piperidine rings is 1. The second kappa shape index (κ2) is 5.27. The number of nitrogens with zero attached hydrogens (tertiary/aromatic N) is 2. The molecular weight excluding hydrogens is 222 g/mol. The smallest absolute Gasteiger partial charge is 0.131 e. The van der Waals surface area contributed by atoms with Gasteiger partial charge in [0, 0.05) is 25.3 Å². The molecule has 1 N–H and O–H groups in total. The zero-order valence-electron chi connectivity index (χ0n) is 11.3. The molecule has 0 aromatic carbocycles. The lowest BCUT2D eigenvalue weighted by Gasteiger charge is -2.29. The van der Waals surface area contributed by atoms with Gasteiger partial charge in [-0.3, -0.25) is 0 Å². The minimum absolute atomic E-state index is 0.534. The van der Waals surface area contributed by atoms with Crippen molar-refractivity contribution < 1.29 is 0 Å². The van der Waals surface area contributed by atoms with Crippen molar-refractivity contribution in [1.82, 2.24) is 10.3 Å². The first-order valence-corrected chi connectivity index (χ1v) is 7.29. The standard InChI is InChI=1S/C15H23N3/c1-12-10-13(14-6-5-7-16-14)11-17-15(12)18-8-3-2-4-9-18/h10-11,14,16H,2-9H2,1H3/t14-/m0/s1. The summed E-state index contributed by atoms with van der Waals surface area (Å²) in [7, 11) is 0. The summed E-state index contributed by atoms with van der Waals surface area (Å²) in [4.78, 5) is 7.18. The quantitative estimate of drug-likeness (QED) is 0.868. The highest BCUT2D eigenvalue weighted by atomic mass is 15.2. The van der Waals surface area contributed by atoms with Crippen molar-refractivity contribution in [1.29, 1.82) is 0 Å². The van der Waals surface area contributed by atoms with Crippen LogP contribution in [0.5, 0.6) is 0 Å². The Hall–Kier alpha value is -1.09. The Bertz CT molecular complexity index is 404. The molecule has 0 bridgehead atoms. The Labute approximate surface area is 110 Å². The maximum Gasteiger partial charge on any atom is 0.131 e. The normalized spacial score (nSPS) is 24.5.